The number of ether oxygens (including phenoxy) is 8. The van der Waals surface area contributed by atoms with Crippen LogP contribution in [0.4, 0.5) is 0 Å². The SMILES string of the molecule is Cc1cc2c3c4c1c1ccccc1n4-c1cccc4c1B3c1c(cccc1O2)O4.Cc1cc2c3ccccc3n3c2c2c1Oc1cccc4c1B2c1c(cccc1-3)O4.Cc1ccc2c3c1Oc1ccc4c5ccccc5n5c4c1B3c1c(cccc1-5)O2.Cc1cccc2c1c1ccc3c4c1n2-c1cccc2c1B4c1c(cccc1O3)O2. The molecule has 12 nitrogen and oxygen atoms in total. The fourth-order valence-corrected chi connectivity index (χ4v) is 22.8. The first-order chi connectivity index (χ1) is 57.2. The second kappa shape index (κ2) is 21.0. The largest absolute Gasteiger partial charge is 0.458 e. The summed E-state index contributed by atoms with van der Waals surface area (Å²) in [4.78, 5) is 0. The van der Waals surface area contributed by atoms with Crippen molar-refractivity contribution in [2.75, 3.05) is 0 Å². The zero-order valence-corrected chi connectivity index (χ0v) is 62.8. The minimum absolute atomic E-state index is 0.143. The molecule has 0 saturated heterocycles. The van der Waals surface area contributed by atoms with Crippen molar-refractivity contribution < 1.29 is 37.9 Å². The summed E-state index contributed by atoms with van der Waals surface area (Å²) in [6.07, 6.45) is 0. The van der Waals surface area contributed by atoms with Gasteiger partial charge in [-0.3, -0.25) is 0 Å². The zero-order chi connectivity index (χ0) is 75.4. The number of nitrogens with zero attached hydrogens (tertiary/aromatic N) is 4. The molecule has 0 saturated carbocycles. The molecule has 16 heteroatoms. The molecule has 0 N–H and O–H groups in total. The fourth-order valence-electron chi connectivity index (χ4n) is 22.8. The Bertz CT molecular complexity index is 8160. The molecule has 0 aliphatic carbocycles. The average molecular weight is 1480 g/mol. The molecular formula is C100H56B4N4O8. The van der Waals surface area contributed by atoms with Crippen molar-refractivity contribution >= 4 is 180 Å². The van der Waals surface area contributed by atoms with Gasteiger partial charge in [0.2, 0.25) is 0 Å². The van der Waals surface area contributed by atoms with Crippen LogP contribution in [0.25, 0.3) is 110 Å². The van der Waals surface area contributed by atoms with Gasteiger partial charge in [0, 0.05) is 87.7 Å². The Kier molecular flexibility index (Phi) is 11.0. The predicted molar refractivity (Wildman–Crippen MR) is 467 cm³/mol. The molecule has 16 aromatic carbocycles. The maximum atomic E-state index is 6.50. The number of hydrogen-bond acceptors (Lipinski definition) is 8. The van der Waals surface area contributed by atoms with E-state index >= 15 is 0 Å². The maximum absolute atomic E-state index is 6.50. The molecule has 32 rings (SSSR count). The summed E-state index contributed by atoms with van der Waals surface area (Å²) in [7, 11) is 0. The van der Waals surface area contributed by atoms with Gasteiger partial charge in [-0.2, -0.15) is 0 Å². The second-order valence-electron chi connectivity index (χ2n) is 32.7. The molecule has 20 aromatic rings. The molecule has 0 bridgehead atoms. The van der Waals surface area contributed by atoms with Crippen LogP contribution in [0.3, 0.4) is 0 Å². The van der Waals surface area contributed by atoms with Crippen molar-refractivity contribution in [2.24, 2.45) is 0 Å². The Morgan fingerprint density at radius 2 is 0.534 bits per heavy atom. The van der Waals surface area contributed by atoms with Gasteiger partial charge in [0.05, 0.1) is 44.1 Å². The lowest BCUT2D eigenvalue weighted by molar-refractivity contribution is 0.461. The van der Waals surface area contributed by atoms with Crippen LogP contribution in [0.2, 0.25) is 0 Å². The van der Waals surface area contributed by atoms with Gasteiger partial charge in [0.1, 0.15) is 92.0 Å². The van der Waals surface area contributed by atoms with E-state index in [2.05, 4.69) is 295 Å². The van der Waals surface area contributed by atoms with Crippen LogP contribution in [0.1, 0.15) is 22.3 Å². The Balaban J connectivity index is 0.0000000794. The minimum atomic E-state index is 0.143. The van der Waals surface area contributed by atoms with Crippen LogP contribution in [-0.2, 0) is 0 Å². The first kappa shape index (κ1) is 61.0. The van der Waals surface area contributed by atoms with Crippen LogP contribution in [0, 0.1) is 27.7 Å². The van der Waals surface area contributed by atoms with Gasteiger partial charge in [0.25, 0.3) is 26.9 Å². The summed E-state index contributed by atoms with van der Waals surface area (Å²) >= 11 is 0. The highest BCUT2D eigenvalue weighted by Crippen LogP contribution is 2.51. The third-order valence-corrected chi connectivity index (χ3v) is 27.0. The summed E-state index contributed by atoms with van der Waals surface area (Å²) in [5.41, 5.74) is 34.4. The summed E-state index contributed by atoms with van der Waals surface area (Å²) in [5.74, 6) is 15.0. The van der Waals surface area contributed by atoms with E-state index in [9.17, 15) is 0 Å². The van der Waals surface area contributed by atoms with E-state index in [1.165, 1.54) is 176 Å². The lowest BCUT2D eigenvalue weighted by Crippen LogP contribution is -2.60. The highest BCUT2D eigenvalue weighted by Gasteiger charge is 2.52. The van der Waals surface area contributed by atoms with Crippen LogP contribution < -0.4 is 103 Å². The highest BCUT2D eigenvalue weighted by molar-refractivity contribution is 7.03. The van der Waals surface area contributed by atoms with Crippen LogP contribution in [0.15, 0.2) is 267 Å². The van der Waals surface area contributed by atoms with Crippen LogP contribution >= 0.6 is 0 Å². The maximum Gasteiger partial charge on any atom is 0.266 e. The second-order valence-corrected chi connectivity index (χ2v) is 32.7. The summed E-state index contributed by atoms with van der Waals surface area (Å²) < 4.78 is 61.0. The van der Waals surface area contributed by atoms with Crippen molar-refractivity contribution in [3.8, 4) is 115 Å². The molecular weight excluding hydrogens is 1430 g/mol. The molecule has 0 atom stereocenters. The van der Waals surface area contributed by atoms with Gasteiger partial charge in [-0.05, 0) is 245 Å². The summed E-state index contributed by atoms with van der Waals surface area (Å²) in [5, 5.41) is 10.4. The van der Waals surface area contributed by atoms with Gasteiger partial charge in [0.15, 0.2) is 0 Å². The van der Waals surface area contributed by atoms with Gasteiger partial charge in [-0.15, -0.1) is 0 Å². The Morgan fingerprint density at radius 3 is 1.08 bits per heavy atom. The number of aromatic nitrogens is 4. The lowest BCUT2D eigenvalue weighted by Gasteiger charge is -2.37. The Labute approximate surface area is 663 Å². The van der Waals surface area contributed by atoms with Gasteiger partial charge in [-0.1, -0.05) is 115 Å². The van der Waals surface area contributed by atoms with Crippen molar-refractivity contribution in [1.29, 1.82) is 0 Å². The highest BCUT2D eigenvalue weighted by atomic mass is 16.5. The Morgan fingerprint density at radius 1 is 0.190 bits per heavy atom. The van der Waals surface area contributed by atoms with Gasteiger partial charge in [-0.25, -0.2) is 0 Å². The van der Waals surface area contributed by atoms with E-state index in [4.69, 9.17) is 37.9 Å². The lowest BCUT2D eigenvalue weighted by atomic mass is 9.33. The molecule has 116 heavy (non-hydrogen) atoms. The molecule has 0 fully saturated rings. The molecule has 12 aliphatic heterocycles. The molecule has 16 heterocycles. The minimum Gasteiger partial charge on any atom is -0.458 e. The Hall–Kier alpha value is -14.6. The number of rotatable bonds is 0. The average Bonchev–Trinajstić information content (AvgIpc) is 1.45. The quantitative estimate of drug-likeness (QED) is 0.139. The fraction of sp³-hybridized carbons (Fsp3) is 0.0400. The smallest absolute Gasteiger partial charge is 0.266 e. The molecule has 4 aromatic heterocycles. The van der Waals surface area contributed by atoms with Crippen LogP contribution in [0.5, 0.6) is 92.0 Å². The standard InChI is InChI=1S/4C25H14BNO2/c1-13-5-2-6-15-21(13)14-11-12-20-24-25(14)27(15)16-7-3-8-17-22(16)26(24)23-18(28-17)9-4-10-19(23)29-20;1-13-12-15-14-6-2-3-7-16(14)27-17-8-4-9-18-21(17)26-22-19(28-18)10-5-11-20(22)29-25(13)23(26)24(15)27;1-13-12-20-24-25-21(13)14-6-2-3-7-15(14)27(25)16-8-4-9-17-22(16)26(24)23-18(28-17)10-5-11-19(23)29-20;1-13-9-11-20-23-25(13)29-19-12-10-15-14-5-2-3-6-16(14)27-17-7-4-8-18(28-20)21(17)26(23)22(19)24(15)27/h4*2-12H,1H3. The molecule has 0 radical (unpaired) electrons. The zero-order valence-electron chi connectivity index (χ0n) is 62.8. The number of para-hydroxylation sites is 3. The van der Waals surface area contributed by atoms with Gasteiger partial charge >= 0.3 is 0 Å². The van der Waals surface area contributed by atoms with Crippen LogP contribution in [-0.4, -0.2) is 45.1 Å². The normalized spacial score (nSPS) is 14.2. The molecule has 536 valence electrons. The first-order valence-corrected chi connectivity index (χ1v) is 40.0. The van der Waals surface area contributed by atoms with E-state index in [1.54, 1.807) is 0 Å². The van der Waals surface area contributed by atoms with E-state index in [1.807, 2.05) is 18.2 Å². The van der Waals surface area contributed by atoms with Crippen molar-refractivity contribution in [1.82, 2.24) is 18.3 Å². The van der Waals surface area contributed by atoms with E-state index in [0.717, 1.165) is 114 Å². The first-order valence-electron chi connectivity index (χ1n) is 40.0. The topological polar surface area (TPSA) is 93.6 Å². The van der Waals surface area contributed by atoms with E-state index in [-0.39, 0.29) is 26.9 Å². The third-order valence-electron chi connectivity index (χ3n) is 27.0. The van der Waals surface area contributed by atoms with E-state index in [0.29, 0.717) is 0 Å². The van der Waals surface area contributed by atoms with Crippen molar-refractivity contribution in [3.05, 3.63) is 289 Å². The number of benzene rings is 16. The molecule has 12 aliphatic rings. The van der Waals surface area contributed by atoms with Crippen molar-refractivity contribution in [2.45, 2.75) is 27.7 Å². The number of hydrogen-bond donors (Lipinski definition) is 0. The van der Waals surface area contributed by atoms with Crippen molar-refractivity contribution in [3.63, 3.8) is 0 Å². The van der Waals surface area contributed by atoms with E-state index < -0.39 is 0 Å². The summed E-state index contributed by atoms with van der Waals surface area (Å²) in [6.45, 7) is 9.23. The molecule has 0 spiro atoms. The third kappa shape index (κ3) is 7.20. The summed E-state index contributed by atoms with van der Waals surface area (Å²) in [6, 6.07) is 94.0. The molecule has 0 unspecified atom stereocenters. The predicted octanol–water partition coefficient (Wildman–Crippen LogP) is 16.5. The van der Waals surface area contributed by atoms with Gasteiger partial charge < -0.3 is 56.2 Å². The monoisotopic (exact) mass is 1480 g/mol. The number of fused-ring (bicyclic) bond motifs is 16. The molecule has 0 amide bonds. The number of aryl methyl sites for hydroxylation is 4.